The number of methoxy groups -OCH3 is 1. The summed E-state index contributed by atoms with van der Waals surface area (Å²) in [4.78, 5) is 17.5. The van der Waals surface area contributed by atoms with E-state index in [-0.39, 0.29) is 6.16 Å². The number of para-hydroxylation sites is 1. The van der Waals surface area contributed by atoms with Crippen LogP contribution in [0.1, 0.15) is 5.56 Å². The SMILES string of the molecule is COc1ccccc1CP(=O)(O)O. The molecule has 0 saturated heterocycles. The maximum atomic E-state index is 10.7. The molecule has 0 aliphatic rings. The summed E-state index contributed by atoms with van der Waals surface area (Å²) in [5, 5.41) is 0. The monoisotopic (exact) mass is 202 g/mol. The molecule has 0 aliphatic heterocycles. The first-order valence-electron chi connectivity index (χ1n) is 3.69. The molecule has 72 valence electrons. The summed E-state index contributed by atoms with van der Waals surface area (Å²) < 4.78 is 15.7. The summed E-state index contributed by atoms with van der Waals surface area (Å²) in [5.74, 6) is 0.505. The standard InChI is InChI=1S/C8H11O4P/c1-12-8-5-3-2-4-7(8)6-13(9,10)11/h2-5H,6H2,1H3,(H2,9,10,11). The second-order valence-corrected chi connectivity index (χ2v) is 4.28. The number of hydrogen-bond acceptors (Lipinski definition) is 2. The summed E-state index contributed by atoms with van der Waals surface area (Å²) in [6.45, 7) is 0. The molecule has 0 unspecified atom stereocenters. The molecule has 1 rings (SSSR count). The van der Waals surface area contributed by atoms with Gasteiger partial charge in [-0.2, -0.15) is 0 Å². The van der Waals surface area contributed by atoms with Crippen LogP contribution in [0.3, 0.4) is 0 Å². The van der Waals surface area contributed by atoms with E-state index < -0.39 is 7.60 Å². The van der Waals surface area contributed by atoms with Crippen molar-refractivity contribution < 1.29 is 19.1 Å². The van der Waals surface area contributed by atoms with E-state index in [1.54, 1.807) is 24.3 Å². The van der Waals surface area contributed by atoms with E-state index in [4.69, 9.17) is 14.5 Å². The van der Waals surface area contributed by atoms with E-state index in [1.807, 2.05) is 0 Å². The van der Waals surface area contributed by atoms with E-state index in [0.29, 0.717) is 11.3 Å². The highest BCUT2D eigenvalue weighted by molar-refractivity contribution is 7.50. The molecule has 0 radical (unpaired) electrons. The molecule has 13 heavy (non-hydrogen) atoms. The van der Waals surface area contributed by atoms with Gasteiger partial charge in [0.15, 0.2) is 0 Å². The van der Waals surface area contributed by atoms with Gasteiger partial charge in [-0.15, -0.1) is 0 Å². The van der Waals surface area contributed by atoms with Crippen LogP contribution in [0.25, 0.3) is 0 Å². The highest BCUT2D eigenvalue weighted by Crippen LogP contribution is 2.41. The Morgan fingerprint density at radius 3 is 2.54 bits per heavy atom. The van der Waals surface area contributed by atoms with E-state index in [9.17, 15) is 4.57 Å². The summed E-state index contributed by atoms with van der Waals surface area (Å²) in [7, 11) is -2.54. The Morgan fingerprint density at radius 2 is 2.00 bits per heavy atom. The Hall–Kier alpha value is -0.830. The van der Waals surface area contributed by atoms with Crippen LogP contribution in [0.4, 0.5) is 0 Å². The minimum Gasteiger partial charge on any atom is -0.496 e. The summed E-state index contributed by atoms with van der Waals surface area (Å²) >= 11 is 0. The lowest BCUT2D eigenvalue weighted by molar-refractivity contribution is 0.368. The van der Waals surface area contributed by atoms with Crippen molar-refractivity contribution in [3.63, 3.8) is 0 Å². The first-order chi connectivity index (χ1) is 6.03. The van der Waals surface area contributed by atoms with Crippen LogP contribution in [0.2, 0.25) is 0 Å². The average molecular weight is 202 g/mol. The third-order valence-electron chi connectivity index (χ3n) is 1.57. The van der Waals surface area contributed by atoms with Gasteiger partial charge in [-0.05, 0) is 6.07 Å². The molecule has 5 heteroatoms. The molecule has 0 aromatic heterocycles. The molecule has 0 spiro atoms. The molecule has 1 aromatic carbocycles. The van der Waals surface area contributed by atoms with Crippen molar-refractivity contribution in [3.05, 3.63) is 29.8 Å². The molecule has 0 heterocycles. The summed E-state index contributed by atoms with van der Waals surface area (Å²) in [6.07, 6.45) is -0.281. The van der Waals surface area contributed by atoms with Gasteiger partial charge >= 0.3 is 7.60 Å². The van der Waals surface area contributed by atoms with Gasteiger partial charge in [0.05, 0.1) is 13.3 Å². The van der Waals surface area contributed by atoms with Gasteiger partial charge in [-0.3, -0.25) is 4.57 Å². The molecule has 0 aliphatic carbocycles. The molecule has 1 aromatic rings. The summed E-state index contributed by atoms with van der Waals surface area (Å²) in [6, 6.07) is 6.78. The lowest BCUT2D eigenvalue weighted by Crippen LogP contribution is -1.92. The molecule has 4 nitrogen and oxygen atoms in total. The zero-order valence-corrected chi connectivity index (χ0v) is 8.07. The molecule has 0 fully saturated rings. The molecule has 0 bridgehead atoms. The number of hydrogen-bond donors (Lipinski definition) is 2. The molecular formula is C8H11O4P. The van der Waals surface area contributed by atoms with Crippen LogP contribution < -0.4 is 4.74 Å². The normalized spacial score (nSPS) is 11.3. The number of benzene rings is 1. The van der Waals surface area contributed by atoms with Crippen molar-refractivity contribution in [1.29, 1.82) is 0 Å². The second-order valence-electron chi connectivity index (χ2n) is 2.63. The van der Waals surface area contributed by atoms with Crippen LogP contribution in [0.5, 0.6) is 5.75 Å². The number of rotatable bonds is 3. The van der Waals surface area contributed by atoms with E-state index >= 15 is 0 Å². The van der Waals surface area contributed by atoms with Crippen molar-refractivity contribution in [2.24, 2.45) is 0 Å². The molecule has 0 saturated carbocycles. The Bertz CT molecular complexity index is 331. The predicted octanol–water partition coefficient (Wildman–Crippen LogP) is 1.37. The minimum atomic E-state index is -4.01. The maximum Gasteiger partial charge on any atom is 0.330 e. The fourth-order valence-corrected chi connectivity index (χ4v) is 1.76. The first-order valence-corrected chi connectivity index (χ1v) is 5.49. The van der Waals surface area contributed by atoms with Gasteiger partial charge in [0.25, 0.3) is 0 Å². The van der Waals surface area contributed by atoms with Crippen LogP contribution >= 0.6 is 7.60 Å². The summed E-state index contributed by atoms with van der Waals surface area (Å²) in [5.41, 5.74) is 0.526. The molecule has 0 amide bonds. The third-order valence-corrected chi connectivity index (χ3v) is 2.32. The van der Waals surface area contributed by atoms with E-state index in [0.717, 1.165) is 0 Å². The van der Waals surface area contributed by atoms with Crippen LogP contribution in [-0.2, 0) is 10.7 Å². The zero-order valence-electron chi connectivity index (χ0n) is 7.17. The molecule has 2 N–H and O–H groups in total. The van der Waals surface area contributed by atoms with E-state index in [1.165, 1.54) is 7.11 Å². The topological polar surface area (TPSA) is 66.8 Å². The Labute approximate surface area is 76.3 Å². The van der Waals surface area contributed by atoms with E-state index in [2.05, 4.69) is 0 Å². The van der Waals surface area contributed by atoms with Crippen molar-refractivity contribution in [2.75, 3.05) is 7.11 Å². The van der Waals surface area contributed by atoms with Gasteiger partial charge in [-0.1, -0.05) is 18.2 Å². The first kappa shape index (κ1) is 10.3. The molecule has 0 atom stereocenters. The average Bonchev–Trinajstić information content (AvgIpc) is 2.02. The van der Waals surface area contributed by atoms with Crippen molar-refractivity contribution >= 4 is 7.60 Å². The van der Waals surface area contributed by atoms with Crippen LogP contribution in [-0.4, -0.2) is 16.9 Å². The highest BCUT2D eigenvalue weighted by atomic mass is 31.2. The largest absolute Gasteiger partial charge is 0.496 e. The van der Waals surface area contributed by atoms with Gasteiger partial charge in [0.1, 0.15) is 5.75 Å². The smallest absolute Gasteiger partial charge is 0.330 e. The second kappa shape index (κ2) is 3.92. The maximum absolute atomic E-state index is 10.7. The van der Waals surface area contributed by atoms with Crippen molar-refractivity contribution in [1.82, 2.24) is 0 Å². The van der Waals surface area contributed by atoms with Gasteiger partial charge in [-0.25, -0.2) is 0 Å². The molecular weight excluding hydrogens is 191 g/mol. The predicted molar refractivity (Wildman–Crippen MR) is 48.7 cm³/mol. The third kappa shape index (κ3) is 3.19. The van der Waals surface area contributed by atoms with Crippen molar-refractivity contribution in [3.8, 4) is 5.75 Å². The van der Waals surface area contributed by atoms with Crippen LogP contribution in [0, 0.1) is 0 Å². The fourth-order valence-electron chi connectivity index (χ4n) is 1.06. The lowest BCUT2D eigenvalue weighted by Gasteiger charge is -2.08. The van der Waals surface area contributed by atoms with Gasteiger partial charge < -0.3 is 14.5 Å². The number of ether oxygens (including phenoxy) is 1. The quantitative estimate of drug-likeness (QED) is 0.726. The highest BCUT2D eigenvalue weighted by Gasteiger charge is 2.16. The Morgan fingerprint density at radius 1 is 1.38 bits per heavy atom. The fraction of sp³-hybridized carbons (Fsp3) is 0.250. The minimum absolute atomic E-state index is 0.281. The Balaban J connectivity index is 2.94. The van der Waals surface area contributed by atoms with Gasteiger partial charge in [0, 0.05) is 5.56 Å². The van der Waals surface area contributed by atoms with Crippen LogP contribution in [0.15, 0.2) is 24.3 Å². The Kier molecular flexibility index (Phi) is 3.09. The lowest BCUT2D eigenvalue weighted by atomic mass is 10.2. The van der Waals surface area contributed by atoms with Crippen molar-refractivity contribution in [2.45, 2.75) is 6.16 Å². The zero-order chi connectivity index (χ0) is 9.90. The van der Waals surface area contributed by atoms with Gasteiger partial charge in [0.2, 0.25) is 0 Å².